The summed E-state index contributed by atoms with van der Waals surface area (Å²) in [5.41, 5.74) is 1.80. The van der Waals surface area contributed by atoms with Crippen LogP contribution in [0.1, 0.15) is 19.8 Å². The number of benzene rings is 2. The molecule has 0 aliphatic carbocycles. The Morgan fingerprint density at radius 2 is 1.97 bits per heavy atom. The number of methoxy groups -OCH3 is 1. The first-order valence-corrected chi connectivity index (χ1v) is 9.19. The van der Waals surface area contributed by atoms with Gasteiger partial charge in [-0.3, -0.25) is 19.7 Å². The zero-order chi connectivity index (χ0) is 21.0. The summed E-state index contributed by atoms with van der Waals surface area (Å²) in [5, 5.41) is 16.7. The van der Waals surface area contributed by atoms with Gasteiger partial charge in [0.25, 0.3) is 5.69 Å². The van der Waals surface area contributed by atoms with Crippen LogP contribution < -0.4 is 20.3 Å². The molecule has 3 rings (SSSR count). The fourth-order valence-corrected chi connectivity index (χ4v) is 3.11. The summed E-state index contributed by atoms with van der Waals surface area (Å²) < 4.78 is 5.13. The molecule has 0 aromatic heterocycles. The maximum atomic E-state index is 12.5. The monoisotopic (exact) mass is 398 g/mol. The highest BCUT2D eigenvalue weighted by Gasteiger charge is 2.22. The van der Waals surface area contributed by atoms with Crippen molar-refractivity contribution >= 4 is 34.6 Å². The summed E-state index contributed by atoms with van der Waals surface area (Å²) >= 11 is 0. The zero-order valence-corrected chi connectivity index (χ0v) is 16.2. The molecule has 1 atom stereocenters. The van der Waals surface area contributed by atoms with Crippen molar-refractivity contribution in [3.63, 3.8) is 0 Å². The van der Waals surface area contributed by atoms with Crippen LogP contribution in [0, 0.1) is 10.1 Å². The maximum absolute atomic E-state index is 12.5. The average Bonchev–Trinajstić information content (AvgIpc) is 3.14. The van der Waals surface area contributed by atoms with Crippen molar-refractivity contribution in [2.24, 2.45) is 0 Å². The number of carbonyl (C=O) groups excluding carboxylic acids is 2. The summed E-state index contributed by atoms with van der Waals surface area (Å²) in [5.74, 6) is 0.00540. The van der Waals surface area contributed by atoms with Gasteiger partial charge in [-0.2, -0.15) is 0 Å². The Hall–Kier alpha value is -3.62. The van der Waals surface area contributed by atoms with Crippen molar-refractivity contribution < 1.29 is 19.2 Å². The molecule has 2 amide bonds. The van der Waals surface area contributed by atoms with E-state index in [1.54, 1.807) is 11.8 Å². The summed E-state index contributed by atoms with van der Waals surface area (Å²) in [4.78, 5) is 36.4. The number of non-ortho nitro benzene ring substituents is 1. The third-order valence-electron chi connectivity index (χ3n) is 4.68. The standard InChI is InChI=1S/C20H22N4O5/c1-13(20(26)22-17-10-9-16(24(27)28)12-18(17)29-2)21-14-5-7-15(8-6-14)23-11-3-4-19(23)25/h5-10,12-13,21H,3-4,11H2,1-2H3,(H,22,26)/t13-/m0/s1. The lowest BCUT2D eigenvalue weighted by Crippen LogP contribution is -2.32. The Kier molecular flexibility index (Phi) is 5.96. The van der Waals surface area contributed by atoms with Gasteiger partial charge < -0.3 is 20.3 Å². The second kappa shape index (κ2) is 8.59. The van der Waals surface area contributed by atoms with Crippen LogP contribution in [-0.4, -0.2) is 36.4 Å². The van der Waals surface area contributed by atoms with Crippen molar-refractivity contribution in [1.82, 2.24) is 0 Å². The molecule has 1 fully saturated rings. The van der Waals surface area contributed by atoms with Gasteiger partial charge in [0.2, 0.25) is 11.8 Å². The third kappa shape index (κ3) is 4.63. The van der Waals surface area contributed by atoms with Gasteiger partial charge in [0, 0.05) is 30.4 Å². The molecule has 2 aromatic carbocycles. The first-order chi connectivity index (χ1) is 13.9. The van der Waals surface area contributed by atoms with Crippen LogP contribution in [0.15, 0.2) is 42.5 Å². The molecule has 0 spiro atoms. The minimum atomic E-state index is -0.575. The number of carbonyl (C=O) groups is 2. The second-order valence-corrected chi connectivity index (χ2v) is 6.69. The van der Waals surface area contributed by atoms with Crippen molar-refractivity contribution in [2.45, 2.75) is 25.8 Å². The Labute approximate surface area is 167 Å². The zero-order valence-electron chi connectivity index (χ0n) is 16.2. The lowest BCUT2D eigenvalue weighted by Gasteiger charge is -2.18. The minimum absolute atomic E-state index is 0.121. The van der Waals surface area contributed by atoms with Crippen LogP contribution >= 0.6 is 0 Å². The smallest absolute Gasteiger partial charge is 0.273 e. The van der Waals surface area contributed by atoms with E-state index in [1.165, 1.54) is 25.3 Å². The maximum Gasteiger partial charge on any atom is 0.273 e. The molecule has 1 saturated heterocycles. The average molecular weight is 398 g/mol. The lowest BCUT2D eigenvalue weighted by atomic mass is 10.2. The van der Waals surface area contributed by atoms with Crippen LogP contribution in [0.2, 0.25) is 0 Å². The largest absolute Gasteiger partial charge is 0.494 e. The van der Waals surface area contributed by atoms with Gasteiger partial charge in [-0.05, 0) is 43.7 Å². The molecule has 0 radical (unpaired) electrons. The predicted molar refractivity (Wildman–Crippen MR) is 109 cm³/mol. The summed E-state index contributed by atoms with van der Waals surface area (Å²) in [6, 6.07) is 10.7. The highest BCUT2D eigenvalue weighted by molar-refractivity contribution is 5.98. The van der Waals surface area contributed by atoms with Crippen LogP contribution in [0.4, 0.5) is 22.7 Å². The number of hydrogen-bond acceptors (Lipinski definition) is 6. The molecular formula is C20H22N4O5. The SMILES string of the molecule is COc1cc([N+](=O)[O-])ccc1NC(=O)[C@H](C)Nc1ccc(N2CCCC2=O)cc1. The van der Waals surface area contributed by atoms with Gasteiger partial charge in [-0.1, -0.05) is 0 Å². The van der Waals surface area contributed by atoms with Crippen LogP contribution in [0.5, 0.6) is 5.75 Å². The van der Waals surface area contributed by atoms with Crippen LogP contribution in [-0.2, 0) is 9.59 Å². The summed E-state index contributed by atoms with van der Waals surface area (Å²) in [6.45, 7) is 2.42. The number of hydrogen-bond donors (Lipinski definition) is 2. The van der Waals surface area contributed by atoms with Crippen molar-refractivity contribution in [3.05, 3.63) is 52.6 Å². The fraction of sp³-hybridized carbons (Fsp3) is 0.300. The molecule has 2 aromatic rings. The molecule has 0 bridgehead atoms. The Morgan fingerprint density at radius 3 is 2.55 bits per heavy atom. The number of ether oxygens (including phenoxy) is 1. The Balaban J connectivity index is 1.63. The van der Waals surface area contributed by atoms with Crippen LogP contribution in [0.3, 0.4) is 0 Å². The third-order valence-corrected chi connectivity index (χ3v) is 4.68. The molecule has 0 saturated carbocycles. The van der Waals surface area contributed by atoms with Gasteiger partial charge >= 0.3 is 0 Å². The molecular weight excluding hydrogens is 376 g/mol. The summed E-state index contributed by atoms with van der Waals surface area (Å²) in [7, 11) is 1.38. The molecule has 2 N–H and O–H groups in total. The van der Waals surface area contributed by atoms with Crippen LogP contribution in [0.25, 0.3) is 0 Å². The predicted octanol–water partition coefficient (Wildman–Crippen LogP) is 3.17. The number of rotatable bonds is 7. The molecule has 9 heteroatoms. The van der Waals surface area contributed by atoms with E-state index in [0.717, 1.165) is 24.3 Å². The van der Waals surface area contributed by atoms with Gasteiger partial charge in [0.15, 0.2) is 0 Å². The minimum Gasteiger partial charge on any atom is -0.494 e. The van der Waals surface area contributed by atoms with E-state index in [4.69, 9.17) is 4.74 Å². The lowest BCUT2D eigenvalue weighted by molar-refractivity contribution is -0.384. The molecule has 9 nitrogen and oxygen atoms in total. The number of amides is 2. The summed E-state index contributed by atoms with van der Waals surface area (Å²) in [6.07, 6.45) is 1.44. The number of nitrogens with one attached hydrogen (secondary N) is 2. The highest BCUT2D eigenvalue weighted by atomic mass is 16.6. The normalized spacial score (nSPS) is 14.4. The quantitative estimate of drug-likeness (QED) is 0.547. The second-order valence-electron chi connectivity index (χ2n) is 6.69. The molecule has 152 valence electrons. The molecule has 29 heavy (non-hydrogen) atoms. The van der Waals surface area contributed by atoms with Crippen molar-refractivity contribution in [1.29, 1.82) is 0 Å². The van der Waals surface area contributed by atoms with E-state index in [1.807, 2.05) is 24.3 Å². The van der Waals surface area contributed by atoms with Crippen molar-refractivity contribution in [2.75, 3.05) is 29.2 Å². The number of nitro groups is 1. The highest BCUT2D eigenvalue weighted by Crippen LogP contribution is 2.29. The Morgan fingerprint density at radius 1 is 1.24 bits per heavy atom. The fourth-order valence-electron chi connectivity index (χ4n) is 3.11. The molecule has 1 heterocycles. The number of anilines is 3. The van der Waals surface area contributed by atoms with Gasteiger partial charge in [-0.25, -0.2) is 0 Å². The number of nitro benzene ring substituents is 1. The van der Waals surface area contributed by atoms with E-state index in [-0.39, 0.29) is 23.3 Å². The molecule has 0 unspecified atom stereocenters. The van der Waals surface area contributed by atoms with Gasteiger partial charge in [-0.15, -0.1) is 0 Å². The van der Waals surface area contributed by atoms with E-state index in [2.05, 4.69) is 10.6 Å². The van der Waals surface area contributed by atoms with E-state index < -0.39 is 11.0 Å². The van der Waals surface area contributed by atoms with Crippen molar-refractivity contribution in [3.8, 4) is 5.75 Å². The Bertz CT molecular complexity index is 929. The van der Waals surface area contributed by atoms with E-state index in [0.29, 0.717) is 12.1 Å². The molecule has 1 aliphatic rings. The first kappa shape index (κ1) is 20.1. The van der Waals surface area contributed by atoms with Gasteiger partial charge in [0.1, 0.15) is 11.8 Å². The number of nitrogens with zero attached hydrogens (tertiary/aromatic N) is 2. The molecule has 1 aliphatic heterocycles. The van der Waals surface area contributed by atoms with E-state index in [9.17, 15) is 19.7 Å². The van der Waals surface area contributed by atoms with E-state index >= 15 is 0 Å². The topological polar surface area (TPSA) is 114 Å². The first-order valence-electron chi connectivity index (χ1n) is 9.19. The van der Waals surface area contributed by atoms with Gasteiger partial charge in [0.05, 0.1) is 23.8 Å².